The molecule has 0 saturated carbocycles. The molecular weight excluding hydrogens is 258 g/mol. The molecule has 0 spiro atoms. The molecule has 7 heteroatoms. The molecule has 106 valence electrons. The lowest BCUT2D eigenvalue weighted by Gasteiger charge is -2.23. The van der Waals surface area contributed by atoms with E-state index < -0.39 is 0 Å². The van der Waals surface area contributed by atoms with E-state index in [1.54, 1.807) is 13.2 Å². The highest BCUT2D eigenvalue weighted by Gasteiger charge is 2.23. The topological polar surface area (TPSA) is 88.1 Å². The van der Waals surface area contributed by atoms with Crippen LogP contribution in [0.5, 0.6) is 5.75 Å². The standard InChI is InChI=1S/C13H17N5O2/c1-19-12-10(3-2-4-11(12)14)13-15-16-17-18(13)9-5-7-20-8-6-9/h2-4,9H,5-8,14H2,1H3. The molecule has 0 amide bonds. The molecule has 1 aliphatic heterocycles. The summed E-state index contributed by atoms with van der Waals surface area (Å²) < 4.78 is 12.6. The van der Waals surface area contributed by atoms with Gasteiger partial charge in [-0.05, 0) is 35.4 Å². The molecule has 0 radical (unpaired) electrons. The van der Waals surface area contributed by atoms with Gasteiger partial charge in [-0.15, -0.1) is 5.10 Å². The minimum atomic E-state index is 0.250. The first-order valence-electron chi connectivity index (χ1n) is 6.59. The van der Waals surface area contributed by atoms with E-state index in [1.165, 1.54) is 0 Å². The zero-order chi connectivity index (χ0) is 13.9. The Bertz CT molecular complexity index is 592. The summed E-state index contributed by atoms with van der Waals surface area (Å²) in [6, 6.07) is 5.83. The first kappa shape index (κ1) is 12.9. The molecule has 0 atom stereocenters. The van der Waals surface area contributed by atoms with E-state index in [4.69, 9.17) is 15.2 Å². The average Bonchev–Trinajstić information content (AvgIpc) is 2.97. The fraction of sp³-hybridized carbons (Fsp3) is 0.462. The SMILES string of the molecule is COc1c(N)cccc1-c1nnnn1C1CCOCC1. The summed E-state index contributed by atoms with van der Waals surface area (Å²) >= 11 is 0. The number of nitrogens with zero attached hydrogens (tertiary/aromatic N) is 4. The fourth-order valence-electron chi connectivity index (χ4n) is 2.51. The molecule has 1 fully saturated rings. The van der Waals surface area contributed by atoms with Gasteiger partial charge in [0.1, 0.15) is 0 Å². The van der Waals surface area contributed by atoms with Gasteiger partial charge in [0.2, 0.25) is 0 Å². The summed E-state index contributed by atoms with van der Waals surface area (Å²) in [6.07, 6.45) is 1.81. The number of aromatic nitrogens is 4. The molecule has 3 rings (SSSR count). The fourth-order valence-corrected chi connectivity index (χ4v) is 2.51. The summed E-state index contributed by atoms with van der Waals surface area (Å²) in [5.41, 5.74) is 7.33. The van der Waals surface area contributed by atoms with Gasteiger partial charge in [-0.3, -0.25) is 0 Å². The Labute approximate surface area is 116 Å². The molecule has 2 heterocycles. The number of ether oxygens (including phenoxy) is 2. The maximum absolute atomic E-state index is 5.94. The second-order valence-corrected chi connectivity index (χ2v) is 4.72. The van der Waals surface area contributed by atoms with Crippen molar-refractivity contribution in [2.45, 2.75) is 18.9 Å². The molecule has 20 heavy (non-hydrogen) atoms. The first-order chi connectivity index (χ1) is 9.81. The molecule has 2 N–H and O–H groups in total. The van der Waals surface area contributed by atoms with Crippen LogP contribution >= 0.6 is 0 Å². The molecule has 7 nitrogen and oxygen atoms in total. The van der Waals surface area contributed by atoms with Crippen LogP contribution in [0.3, 0.4) is 0 Å². The van der Waals surface area contributed by atoms with Crippen molar-refractivity contribution in [2.75, 3.05) is 26.1 Å². The van der Waals surface area contributed by atoms with Crippen LogP contribution in [-0.2, 0) is 4.74 Å². The third-order valence-corrected chi connectivity index (χ3v) is 3.52. The first-order valence-corrected chi connectivity index (χ1v) is 6.59. The summed E-state index contributed by atoms with van der Waals surface area (Å²) in [4.78, 5) is 0. The number of anilines is 1. The Kier molecular flexibility index (Phi) is 3.51. The van der Waals surface area contributed by atoms with E-state index in [1.807, 2.05) is 16.8 Å². The van der Waals surface area contributed by atoms with Gasteiger partial charge < -0.3 is 15.2 Å². The number of hydrogen-bond acceptors (Lipinski definition) is 6. The van der Waals surface area contributed by atoms with Gasteiger partial charge in [0.25, 0.3) is 0 Å². The number of hydrogen-bond donors (Lipinski definition) is 1. The van der Waals surface area contributed by atoms with Gasteiger partial charge in [0, 0.05) is 13.2 Å². The number of tetrazole rings is 1. The summed E-state index contributed by atoms with van der Waals surface area (Å²) in [7, 11) is 1.60. The molecule has 2 aromatic rings. The lowest BCUT2D eigenvalue weighted by atomic mass is 10.1. The van der Waals surface area contributed by atoms with Crippen molar-refractivity contribution in [3.05, 3.63) is 18.2 Å². The van der Waals surface area contributed by atoms with Crippen LogP contribution in [0.4, 0.5) is 5.69 Å². The van der Waals surface area contributed by atoms with Crippen LogP contribution in [0.15, 0.2) is 18.2 Å². The van der Waals surface area contributed by atoms with Crippen molar-refractivity contribution in [3.8, 4) is 17.1 Å². The van der Waals surface area contributed by atoms with E-state index in [0.29, 0.717) is 17.3 Å². The number of nitrogens with two attached hydrogens (primary N) is 1. The molecule has 1 aromatic heterocycles. The van der Waals surface area contributed by atoms with Crippen LogP contribution in [0.2, 0.25) is 0 Å². The normalized spacial score (nSPS) is 16.2. The van der Waals surface area contributed by atoms with Gasteiger partial charge in [-0.2, -0.15) is 0 Å². The number of rotatable bonds is 3. The minimum Gasteiger partial charge on any atom is -0.494 e. The Morgan fingerprint density at radius 3 is 2.90 bits per heavy atom. The van der Waals surface area contributed by atoms with Crippen molar-refractivity contribution in [1.29, 1.82) is 0 Å². The molecule has 0 unspecified atom stereocenters. The van der Waals surface area contributed by atoms with Gasteiger partial charge >= 0.3 is 0 Å². The molecular formula is C13H17N5O2. The van der Waals surface area contributed by atoms with Crippen LogP contribution < -0.4 is 10.5 Å². The Morgan fingerprint density at radius 2 is 2.15 bits per heavy atom. The molecule has 1 aromatic carbocycles. The van der Waals surface area contributed by atoms with Crippen molar-refractivity contribution in [1.82, 2.24) is 20.2 Å². The monoisotopic (exact) mass is 275 g/mol. The number of para-hydroxylation sites is 1. The van der Waals surface area contributed by atoms with Crippen molar-refractivity contribution < 1.29 is 9.47 Å². The maximum atomic E-state index is 5.94. The quantitative estimate of drug-likeness (QED) is 0.849. The highest BCUT2D eigenvalue weighted by molar-refractivity contribution is 5.73. The summed E-state index contributed by atoms with van der Waals surface area (Å²) in [5.74, 6) is 1.29. The Balaban J connectivity index is 2.03. The van der Waals surface area contributed by atoms with E-state index in [9.17, 15) is 0 Å². The van der Waals surface area contributed by atoms with Gasteiger partial charge in [-0.1, -0.05) is 6.07 Å². The maximum Gasteiger partial charge on any atom is 0.186 e. The Hall–Kier alpha value is -2.15. The lowest BCUT2D eigenvalue weighted by Crippen LogP contribution is -2.21. The third kappa shape index (κ3) is 2.20. The minimum absolute atomic E-state index is 0.250. The smallest absolute Gasteiger partial charge is 0.186 e. The lowest BCUT2D eigenvalue weighted by molar-refractivity contribution is 0.0662. The van der Waals surface area contributed by atoms with Crippen molar-refractivity contribution in [2.24, 2.45) is 0 Å². The number of methoxy groups -OCH3 is 1. The molecule has 1 saturated heterocycles. The van der Waals surface area contributed by atoms with Crippen LogP contribution in [0, 0.1) is 0 Å². The highest BCUT2D eigenvalue weighted by atomic mass is 16.5. The zero-order valence-electron chi connectivity index (χ0n) is 11.3. The highest BCUT2D eigenvalue weighted by Crippen LogP contribution is 2.35. The third-order valence-electron chi connectivity index (χ3n) is 3.52. The number of benzene rings is 1. The average molecular weight is 275 g/mol. The van der Waals surface area contributed by atoms with Gasteiger partial charge in [0.15, 0.2) is 11.6 Å². The van der Waals surface area contributed by atoms with Crippen LogP contribution in [0.25, 0.3) is 11.4 Å². The Morgan fingerprint density at radius 1 is 1.35 bits per heavy atom. The largest absolute Gasteiger partial charge is 0.494 e. The molecule has 1 aliphatic rings. The van der Waals surface area contributed by atoms with E-state index in [0.717, 1.165) is 31.6 Å². The van der Waals surface area contributed by atoms with Crippen LogP contribution in [0.1, 0.15) is 18.9 Å². The van der Waals surface area contributed by atoms with Gasteiger partial charge in [0.05, 0.1) is 24.4 Å². The zero-order valence-corrected chi connectivity index (χ0v) is 11.3. The molecule has 0 bridgehead atoms. The van der Waals surface area contributed by atoms with Crippen molar-refractivity contribution in [3.63, 3.8) is 0 Å². The van der Waals surface area contributed by atoms with Crippen molar-refractivity contribution >= 4 is 5.69 Å². The summed E-state index contributed by atoms with van der Waals surface area (Å²) in [6.45, 7) is 1.47. The predicted octanol–water partition coefficient (Wildman–Crippen LogP) is 1.28. The summed E-state index contributed by atoms with van der Waals surface area (Å²) in [5, 5.41) is 12.1. The van der Waals surface area contributed by atoms with E-state index in [2.05, 4.69) is 15.5 Å². The second kappa shape index (κ2) is 5.46. The number of nitrogen functional groups attached to an aromatic ring is 1. The van der Waals surface area contributed by atoms with E-state index in [-0.39, 0.29) is 6.04 Å². The predicted molar refractivity (Wildman–Crippen MR) is 73.3 cm³/mol. The van der Waals surface area contributed by atoms with Crippen LogP contribution in [-0.4, -0.2) is 40.5 Å². The second-order valence-electron chi connectivity index (χ2n) is 4.72. The molecule has 0 aliphatic carbocycles. The van der Waals surface area contributed by atoms with Gasteiger partial charge in [-0.25, -0.2) is 4.68 Å². The van der Waals surface area contributed by atoms with E-state index >= 15 is 0 Å².